The summed E-state index contributed by atoms with van der Waals surface area (Å²) in [5, 5.41) is 1.30. The lowest BCUT2D eigenvalue weighted by atomic mass is 9.93. The number of aromatic nitrogens is 1. The zero-order chi connectivity index (χ0) is 37.2. The molecular formula is C41H49BrClN3O6. The Hall–Kier alpha value is -3.86. The number of fused-ring (bicyclic) bond motifs is 1. The van der Waals surface area contributed by atoms with Crippen molar-refractivity contribution in [2.24, 2.45) is 0 Å². The van der Waals surface area contributed by atoms with Crippen LogP contribution in [0.2, 0.25) is 5.02 Å². The number of carbonyl (C=O) groups is 3. The highest BCUT2D eigenvalue weighted by Gasteiger charge is 2.24. The van der Waals surface area contributed by atoms with Crippen LogP contribution in [0.3, 0.4) is 0 Å². The summed E-state index contributed by atoms with van der Waals surface area (Å²) in [7, 11) is 1.58. The monoisotopic (exact) mass is 793 g/mol. The molecule has 1 aliphatic carbocycles. The fourth-order valence-corrected chi connectivity index (χ4v) is 7.70. The van der Waals surface area contributed by atoms with Crippen molar-refractivity contribution in [3.05, 3.63) is 92.0 Å². The van der Waals surface area contributed by atoms with Gasteiger partial charge in [0.1, 0.15) is 5.75 Å². The zero-order valence-electron chi connectivity index (χ0n) is 30.4. The molecule has 0 spiro atoms. The van der Waals surface area contributed by atoms with E-state index in [1.54, 1.807) is 48.1 Å². The van der Waals surface area contributed by atoms with Gasteiger partial charge < -0.3 is 19.9 Å². The van der Waals surface area contributed by atoms with Gasteiger partial charge in [0.05, 0.1) is 43.5 Å². The number of benzene rings is 3. The summed E-state index contributed by atoms with van der Waals surface area (Å²) in [6.45, 7) is 6.24. The Morgan fingerprint density at radius 3 is 2.29 bits per heavy atom. The topological polar surface area (TPSA) is 113 Å². The first-order valence-electron chi connectivity index (χ1n) is 18.2. The molecule has 0 amide bonds. The number of ether oxygens (including phenoxy) is 3. The number of nitrogens with zero attached hydrogens (tertiary/aromatic N) is 2. The Bertz CT molecular complexity index is 1870. The number of hydrogen-bond donors (Lipinski definition) is 1. The lowest BCUT2D eigenvalue weighted by molar-refractivity contribution is -0.142. The second-order valence-electron chi connectivity index (χ2n) is 13.4. The van der Waals surface area contributed by atoms with Gasteiger partial charge in [-0.15, -0.1) is 0 Å². The highest BCUT2D eigenvalue weighted by Crippen LogP contribution is 2.32. The third-order valence-electron chi connectivity index (χ3n) is 10.0. The summed E-state index contributed by atoms with van der Waals surface area (Å²) in [6.07, 6.45) is 9.30. The molecule has 0 bridgehead atoms. The minimum absolute atomic E-state index is 0.0202. The molecule has 1 fully saturated rings. The molecule has 4 aromatic rings. The highest BCUT2D eigenvalue weighted by atomic mass is 79.9. The molecule has 3 aromatic carbocycles. The summed E-state index contributed by atoms with van der Waals surface area (Å²) in [6, 6.07) is 16.3. The van der Waals surface area contributed by atoms with E-state index in [0.29, 0.717) is 75.3 Å². The average Bonchev–Trinajstić information content (AvgIpc) is 3.42. The van der Waals surface area contributed by atoms with Crippen molar-refractivity contribution in [2.45, 2.75) is 90.6 Å². The van der Waals surface area contributed by atoms with Crippen LogP contribution < -0.4 is 10.5 Å². The highest BCUT2D eigenvalue weighted by molar-refractivity contribution is 9.10. The van der Waals surface area contributed by atoms with Crippen molar-refractivity contribution in [1.82, 2.24) is 9.47 Å². The van der Waals surface area contributed by atoms with Crippen LogP contribution in [0.5, 0.6) is 5.75 Å². The van der Waals surface area contributed by atoms with Gasteiger partial charge in [0, 0.05) is 38.7 Å². The van der Waals surface area contributed by atoms with Gasteiger partial charge in [-0.1, -0.05) is 37.8 Å². The van der Waals surface area contributed by atoms with Crippen LogP contribution in [0.25, 0.3) is 10.9 Å². The zero-order valence-corrected chi connectivity index (χ0v) is 32.7. The van der Waals surface area contributed by atoms with Crippen LogP contribution in [0.4, 0.5) is 5.69 Å². The van der Waals surface area contributed by atoms with Crippen LogP contribution >= 0.6 is 27.5 Å². The third-order valence-corrected chi connectivity index (χ3v) is 10.9. The fourth-order valence-electron chi connectivity index (χ4n) is 7.07. The summed E-state index contributed by atoms with van der Waals surface area (Å²) < 4.78 is 19.0. The molecule has 52 heavy (non-hydrogen) atoms. The number of esters is 2. The molecule has 2 N–H and O–H groups in total. The maximum Gasteiger partial charge on any atom is 0.338 e. The number of carbonyl (C=O) groups excluding carboxylic acids is 3. The van der Waals surface area contributed by atoms with Gasteiger partial charge in [0.25, 0.3) is 5.91 Å². The van der Waals surface area contributed by atoms with E-state index >= 15 is 0 Å². The van der Waals surface area contributed by atoms with E-state index in [0.717, 1.165) is 35.9 Å². The van der Waals surface area contributed by atoms with E-state index in [9.17, 15) is 14.4 Å². The van der Waals surface area contributed by atoms with E-state index in [4.69, 9.17) is 31.5 Å². The molecule has 1 aromatic heterocycles. The number of halogens is 2. The Morgan fingerprint density at radius 2 is 1.62 bits per heavy atom. The Morgan fingerprint density at radius 1 is 0.923 bits per heavy atom. The number of unbranched alkanes of at least 4 members (excludes halogenated alkanes) is 3. The fraction of sp³-hybridized carbons (Fsp3) is 0.439. The van der Waals surface area contributed by atoms with Crippen molar-refractivity contribution >= 4 is 62.0 Å². The SMILES string of the molecule is CCN(Cc1cc(C(=O)OCCCCCCOC(=O)Cc2c(C)n(C(=O)c3ccc(Cl)cc3)c3ccc(OC)cc23)cc(Br)c1N)C1CCCCC1. The number of rotatable bonds is 16. The van der Waals surface area contributed by atoms with Gasteiger partial charge in [-0.05, 0) is 134 Å². The lowest BCUT2D eigenvalue weighted by Crippen LogP contribution is -2.36. The Balaban J connectivity index is 1.08. The normalized spacial score (nSPS) is 13.4. The van der Waals surface area contributed by atoms with Crippen molar-refractivity contribution in [1.29, 1.82) is 0 Å². The largest absolute Gasteiger partial charge is 0.497 e. The molecular weight excluding hydrogens is 746 g/mol. The first-order valence-corrected chi connectivity index (χ1v) is 19.4. The predicted octanol–water partition coefficient (Wildman–Crippen LogP) is 9.30. The van der Waals surface area contributed by atoms with E-state index in [1.807, 2.05) is 25.1 Å². The molecule has 11 heteroatoms. The second-order valence-corrected chi connectivity index (χ2v) is 14.7. The van der Waals surface area contributed by atoms with Gasteiger partial charge >= 0.3 is 11.9 Å². The van der Waals surface area contributed by atoms with Gasteiger partial charge in [-0.3, -0.25) is 19.1 Å². The Labute approximate surface area is 319 Å². The lowest BCUT2D eigenvalue weighted by Gasteiger charge is -2.34. The number of anilines is 1. The van der Waals surface area contributed by atoms with E-state index in [2.05, 4.69) is 27.8 Å². The second kappa shape index (κ2) is 18.8. The minimum atomic E-state index is -0.368. The van der Waals surface area contributed by atoms with Crippen molar-refractivity contribution in [3.63, 3.8) is 0 Å². The maximum atomic E-state index is 13.5. The molecule has 0 aliphatic heterocycles. The average molecular weight is 795 g/mol. The number of nitrogens with two attached hydrogens (primary N) is 1. The van der Waals surface area contributed by atoms with Crippen molar-refractivity contribution in [3.8, 4) is 5.75 Å². The molecule has 0 radical (unpaired) electrons. The smallest absolute Gasteiger partial charge is 0.338 e. The van der Waals surface area contributed by atoms with Gasteiger partial charge in [0.2, 0.25) is 0 Å². The third kappa shape index (κ3) is 9.76. The van der Waals surface area contributed by atoms with Gasteiger partial charge in [-0.25, -0.2) is 4.79 Å². The minimum Gasteiger partial charge on any atom is -0.497 e. The molecule has 9 nitrogen and oxygen atoms in total. The summed E-state index contributed by atoms with van der Waals surface area (Å²) >= 11 is 9.58. The molecule has 1 heterocycles. The molecule has 278 valence electrons. The molecule has 1 aliphatic rings. The quantitative estimate of drug-likeness (QED) is 0.0679. The molecule has 1 saturated carbocycles. The first kappa shape index (κ1) is 39.3. The van der Waals surface area contributed by atoms with Crippen LogP contribution in [-0.4, -0.2) is 60.2 Å². The van der Waals surface area contributed by atoms with Crippen LogP contribution in [0, 0.1) is 6.92 Å². The molecule has 5 rings (SSSR count). The first-order chi connectivity index (χ1) is 25.1. The van der Waals surface area contributed by atoms with Crippen molar-refractivity contribution in [2.75, 3.05) is 32.6 Å². The number of methoxy groups -OCH3 is 1. The van der Waals surface area contributed by atoms with Crippen LogP contribution in [-0.2, 0) is 27.2 Å². The molecule has 0 unspecified atom stereocenters. The summed E-state index contributed by atoms with van der Waals surface area (Å²) in [5.41, 5.74) is 11.1. The standard InChI is InChI=1S/C41H49BrClN3O6/c1-4-45(32-12-8-7-9-13-32)26-30-22-29(23-36(42)39(30)44)41(49)52-21-11-6-5-10-20-51-38(47)25-34-27(2)46(37-19-18-33(50-3)24-35(34)37)40(48)28-14-16-31(43)17-15-28/h14-19,22-24,32H,4-13,20-21,25-26,44H2,1-3H3. The maximum absolute atomic E-state index is 13.5. The number of hydrogen-bond acceptors (Lipinski definition) is 8. The van der Waals surface area contributed by atoms with Gasteiger partial charge in [-0.2, -0.15) is 0 Å². The Kier molecular flexibility index (Phi) is 14.2. The van der Waals surface area contributed by atoms with Crippen molar-refractivity contribution < 1.29 is 28.6 Å². The van der Waals surface area contributed by atoms with Crippen LogP contribution in [0.1, 0.15) is 102 Å². The van der Waals surface area contributed by atoms with E-state index in [-0.39, 0.29) is 30.9 Å². The van der Waals surface area contributed by atoms with E-state index in [1.165, 1.54) is 32.1 Å². The number of nitrogen functional groups attached to an aromatic ring is 1. The summed E-state index contributed by atoms with van der Waals surface area (Å²) in [5.74, 6) is -0.314. The predicted molar refractivity (Wildman–Crippen MR) is 209 cm³/mol. The van der Waals surface area contributed by atoms with E-state index < -0.39 is 0 Å². The van der Waals surface area contributed by atoms with Crippen LogP contribution in [0.15, 0.2) is 59.1 Å². The van der Waals surface area contributed by atoms with Gasteiger partial charge in [0.15, 0.2) is 0 Å². The summed E-state index contributed by atoms with van der Waals surface area (Å²) in [4.78, 5) is 42.0. The molecule has 0 saturated heterocycles. The molecule has 0 atom stereocenters.